The molecular weight excluding hydrogens is 401 g/mol. The van der Waals surface area contributed by atoms with Gasteiger partial charge in [0.15, 0.2) is 5.82 Å². The molecule has 0 aliphatic rings. The van der Waals surface area contributed by atoms with Crippen LogP contribution in [-0.4, -0.2) is 16.3 Å². The molecule has 0 radical (unpaired) electrons. The summed E-state index contributed by atoms with van der Waals surface area (Å²) in [7, 11) is 0. The van der Waals surface area contributed by atoms with E-state index in [0.717, 1.165) is 35.1 Å². The number of nitrogens with zero attached hydrogens (tertiary/aromatic N) is 2. The quantitative estimate of drug-likeness (QED) is 0.312. The average Bonchev–Trinajstić information content (AvgIpc) is 2.76. The third-order valence-corrected chi connectivity index (χ3v) is 5.09. The fourth-order valence-corrected chi connectivity index (χ4v) is 3.40. The van der Waals surface area contributed by atoms with Gasteiger partial charge in [0.2, 0.25) is 0 Å². The van der Waals surface area contributed by atoms with E-state index in [1.807, 2.05) is 36.7 Å². The van der Waals surface area contributed by atoms with Gasteiger partial charge in [-0.15, -0.1) is 13.2 Å². The lowest BCUT2D eigenvalue weighted by Gasteiger charge is -2.09. The molecule has 2 aromatic carbocycles. The van der Waals surface area contributed by atoms with E-state index in [4.69, 9.17) is 0 Å². The van der Waals surface area contributed by atoms with Crippen LogP contribution in [0.4, 0.5) is 13.2 Å². The predicted molar refractivity (Wildman–Crippen MR) is 117 cm³/mol. The zero-order valence-corrected chi connectivity index (χ0v) is 17.7. The molecule has 0 fully saturated rings. The fourth-order valence-electron chi connectivity index (χ4n) is 3.40. The van der Waals surface area contributed by atoms with Gasteiger partial charge in [0, 0.05) is 18.0 Å². The molecule has 0 aliphatic heterocycles. The summed E-state index contributed by atoms with van der Waals surface area (Å²) in [5, 5.41) is 0. The Hall–Kier alpha value is -2.89. The number of hydrogen-bond acceptors (Lipinski definition) is 3. The van der Waals surface area contributed by atoms with E-state index in [2.05, 4.69) is 21.6 Å². The summed E-state index contributed by atoms with van der Waals surface area (Å²) in [5.41, 5.74) is 3.74. The molecule has 0 spiro atoms. The normalized spacial score (nSPS) is 11.5. The number of benzene rings is 2. The van der Waals surface area contributed by atoms with Crippen molar-refractivity contribution < 1.29 is 17.9 Å². The Balaban J connectivity index is 1.56. The van der Waals surface area contributed by atoms with E-state index in [1.54, 1.807) is 12.1 Å². The highest BCUT2D eigenvalue weighted by atomic mass is 19.4. The van der Waals surface area contributed by atoms with E-state index >= 15 is 0 Å². The number of ether oxygens (including phenoxy) is 1. The van der Waals surface area contributed by atoms with Crippen molar-refractivity contribution in [3.63, 3.8) is 0 Å². The summed E-state index contributed by atoms with van der Waals surface area (Å²) in [6.45, 7) is 2.22. The first-order chi connectivity index (χ1) is 14.9. The molecule has 0 bridgehead atoms. The smallest absolute Gasteiger partial charge is 0.406 e. The van der Waals surface area contributed by atoms with Gasteiger partial charge in [-0.05, 0) is 41.7 Å². The predicted octanol–water partition coefficient (Wildman–Crippen LogP) is 7.61. The standard InChI is InChI=1S/C25H27F3N2O/c1-2-3-4-5-6-7-8-19-17-29-24(30-18-19)22-11-9-20(10-12-22)21-13-15-23(16-14-21)31-25(26,27)28/h9-18H,2-8H2,1H3. The Labute approximate surface area is 181 Å². The third kappa shape index (κ3) is 7.39. The number of aromatic nitrogens is 2. The fraction of sp³-hybridized carbons (Fsp3) is 0.360. The van der Waals surface area contributed by atoms with Crippen molar-refractivity contribution in [2.24, 2.45) is 0 Å². The molecule has 0 unspecified atom stereocenters. The zero-order valence-electron chi connectivity index (χ0n) is 17.7. The summed E-state index contributed by atoms with van der Waals surface area (Å²) in [5.74, 6) is 0.425. The van der Waals surface area contributed by atoms with Crippen LogP contribution in [0.15, 0.2) is 60.9 Å². The van der Waals surface area contributed by atoms with Crippen LogP contribution in [0.3, 0.4) is 0 Å². The van der Waals surface area contributed by atoms with Gasteiger partial charge in [-0.25, -0.2) is 9.97 Å². The first-order valence-corrected chi connectivity index (χ1v) is 10.7. The summed E-state index contributed by atoms with van der Waals surface area (Å²) in [6.07, 6.45) is 7.68. The number of rotatable bonds is 10. The minimum absolute atomic E-state index is 0.234. The molecule has 0 aliphatic carbocycles. The summed E-state index contributed by atoms with van der Waals surface area (Å²) < 4.78 is 40.7. The van der Waals surface area contributed by atoms with Crippen molar-refractivity contribution in [3.8, 4) is 28.3 Å². The molecule has 1 aromatic heterocycles. The van der Waals surface area contributed by atoms with Crippen molar-refractivity contribution in [3.05, 3.63) is 66.5 Å². The van der Waals surface area contributed by atoms with E-state index in [9.17, 15) is 13.2 Å². The van der Waals surface area contributed by atoms with Crippen LogP contribution in [0, 0.1) is 0 Å². The highest BCUT2D eigenvalue weighted by Crippen LogP contribution is 2.27. The Kier molecular flexibility index (Phi) is 8.04. The lowest BCUT2D eigenvalue weighted by Crippen LogP contribution is -2.16. The Morgan fingerprint density at radius 1 is 0.710 bits per heavy atom. The molecule has 0 amide bonds. The molecule has 0 saturated heterocycles. The molecular formula is C25H27F3N2O. The molecule has 1 heterocycles. The van der Waals surface area contributed by atoms with E-state index in [0.29, 0.717) is 5.82 Å². The van der Waals surface area contributed by atoms with Gasteiger partial charge >= 0.3 is 6.36 Å². The second kappa shape index (κ2) is 10.9. The maximum atomic E-state index is 12.3. The van der Waals surface area contributed by atoms with E-state index in [-0.39, 0.29) is 5.75 Å². The van der Waals surface area contributed by atoms with Crippen LogP contribution in [0.1, 0.15) is 51.0 Å². The van der Waals surface area contributed by atoms with Crippen LogP contribution < -0.4 is 4.74 Å². The number of aryl methyl sites for hydroxylation is 1. The second-order valence-corrected chi connectivity index (χ2v) is 7.58. The van der Waals surface area contributed by atoms with Crippen molar-refractivity contribution in [1.29, 1.82) is 0 Å². The maximum absolute atomic E-state index is 12.3. The lowest BCUT2D eigenvalue weighted by molar-refractivity contribution is -0.274. The summed E-state index contributed by atoms with van der Waals surface area (Å²) in [4.78, 5) is 8.98. The number of halogens is 3. The lowest BCUT2D eigenvalue weighted by atomic mass is 10.0. The van der Waals surface area contributed by atoms with Gasteiger partial charge in [0.1, 0.15) is 5.75 Å². The Morgan fingerprint density at radius 3 is 1.81 bits per heavy atom. The summed E-state index contributed by atoms with van der Waals surface area (Å²) >= 11 is 0. The van der Waals surface area contributed by atoms with Gasteiger partial charge in [0.25, 0.3) is 0 Å². The van der Waals surface area contributed by atoms with E-state index < -0.39 is 6.36 Å². The topological polar surface area (TPSA) is 35.0 Å². The third-order valence-electron chi connectivity index (χ3n) is 5.09. The molecule has 0 saturated carbocycles. The van der Waals surface area contributed by atoms with E-state index in [1.165, 1.54) is 44.2 Å². The minimum atomic E-state index is -4.69. The molecule has 6 heteroatoms. The highest BCUT2D eigenvalue weighted by molar-refractivity contribution is 5.68. The Morgan fingerprint density at radius 2 is 1.23 bits per heavy atom. The van der Waals surface area contributed by atoms with Crippen molar-refractivity contribution in [2.45, 2.75) is 58.2 Å². The molecule has 3 nitrogen and oxygen atoms in total. The molecule has 0 N–H and O–H groups in total. The van der Waals surface area contributed by atoms with Gasteiger partial charge in [-0.2, -0.15) is 0 Å². The van der Waals surface area contributed by atoms with Crippen LogP contribution in [0.5, 0.6) is 5.75 Å². The SMILES string of the molecule is CCCCCCCCc1cnc(-c2ccc(-c3ccc(OC(F)(F)F)cc3)cc2)nc1. The summed E-state index contributed by atoms with van der Waals surface area (Å²) in [6, 6.07) is 13.5. The second-order valence-electron chi connectivity index (χ2n) is 7.58. The highest BCUT2D eigenvalue weighted by Gasteiger charge is 2.30. The molecule has 3 rings (SSSR count). The van der Waals surface area contributed by atoms with Crippen molar-refractivity contribution >= 4 is 0 Å². The van der Waals surface area contributed by atoms with Gasteiger partial charge in [-0.1, -0.05) is 75.4 Å². The Bertz CT molecular complexity index is 921. The average molecular weight is 428 g/mol. The van der Waals surface area contributed by atoms with Crippen molar-refractivity contribution in [2.75, 3.05) is 0 Å². The van der Waals surface area contributed by atoms with Crippen LogP contribution in [0.25, 0.3) is 22.5 Å². The van der Waals surface area contributed by atoms with Crippen LogP contribution in [0.2, 0.25) is 0 Å². The van der Waals surface area contributed by atoms with Gasteiger partial charge in [0.05, 0.1) is 0 Å². The van der Waals surface area contributed by atoms with Crippen LogP contribution >= 0.6 is 0 Å². The van der Waals surface area contributed by atoms with Crippen molar-refractivity contribution in [1.82, 2.24) is 9.97 Å². The first-order valence-electron chi connectivity index (χ1n) is 10.7. The maximum Gasteiger partial charge on any atom is 0.573 e. The van der Waals surface area contributed by atoms with Crippen LogP contribution in [-0.2, 0) is 6.42 Å². The zero-order chi connectivity index (χ0) is 22.1. The largest absolute Gasteiger partial charge is 0.573 e. The molecule has 3 aromatic rings. The number of alkyl halides is 3. The minimum Gasteiger partial charge on any atom is -0.406 e. The van der Waals surface area contributed by atoms with Gasteiger partial charge < -0.3 is 4.74 Å². The number of hydrogen-bond donors (Lipinski definition) is 0. The molecule has 164 valence electrons. The molecule has 0 atom stereocenters. The monoisotopic (exact) mass is 428 g/mol. The molecule has 31 heavy (non-hydrogen) atoms. The number of unbranched alkanes of at least 4 members (excludes halogenated alkanes) is 5. The van der Waals surface area contributed by atoms with Gasteiger partial charge in [-0.3, -0.25) is 0 Å². The first kappa shape index (κ1) is 22.8.